The van der Waals surface area contributed by atoms with Gasteiger partial charge in [-0.3, -0.25) is 4.79 Å². The van der Waals surface area contributed by atoms with Gasteiger partial charge in [0.1, 0.15) is 5.82 Å². The molecule has 4 rings (SSSR count). The molecule has 0 saturated heterocycles. The molecule has 0 atom stereocenters. The maximum Gasteiger partial charge on any atom is 0.339 e. The number of amides is 1. The Morgan fingerprint density at radius 2 is 1.64 bits per heavy atom. The number of imidazole rings is 1. The number of hydrogen-bond acceptors (Lipinski definition) is 4. The second kappa shape index (κ2) is 7.36. The molecule has 6 heteroatoms. The Kier molecular flexibility index (Phi) is 4.60. The summed E-state index contributed by atoms with van der Waals surface area (Å²) < 4.78 is 4.75. The number of carbonyl (C=O) groups is 2. The van der Waals surface area contributed by atoms with E-state index in [1.165, 1.54) is 7.11 Å². The van der Waals surface area contributed by atoms with Gasteiger partial charge in [0.15, 0.2) is 0 Å². The molecule has 0 aliphatic rings. The van der Waals surface area contributed by atoms with Crippen molar-refractivity contribution in [2.24, 2.45) is 0 Å². The molecule has 0 radical (unpaired) electrons. The summed E-state index contributed by atoms with van der Waals surface area (Å²) in [5.41, 5.74) is 3.90. The maximum atomic E-state index is 12.6. The Hall–Kier alpha value is -3.93. The lowest BCUT2D eigenvalue weighted by Crippen LogP contribution is -2.15. The predicted octanol–water partition coefficient (Wildman–Crippen LogP) is 4.27. The van der Waals surface area contributed by atoms with Crippen molar-refractivity contribution in [3.63, 3.8) is 0 Å². The van der Waals surface area contributed by atoms with Crippen LogP contribution in [0.3, 0.4) is 0 Å². The number of hydrogen-bond donors (Lipinski definition) is 2. The number of methoxy groups -OCH3 is 1. The number of carbonyl (C=O) groups excluding carboxylic acids is 2. The summed E-state index contributed by atoms with van der Waals surface area (Å²) in [5.74, 6) is -0.0761. The highest BCUT2D eigenvalue weighted by atomic mass is 16.5. The van der Waals surface area contributed by atoms with E-state index in [9.17, 15) is 9.59 Å². The van der Waals surface area contributed by atoms with Crippen LogP contribution in [0.2, 0.25) is 0 Å². The van der Waals surface area contributed by atoms with Crippen molar-refractivity contribution >= 4 is 28.6 Å². The molecule has 0 bridgehead atoms. The van der Waals surface area contributed by atoms with E-state index >= 15 is 0 Å². The molecule has 1 aromatic heterocycles. The molecule has 3 aromatic carbocycles. The van der Waals surface area contributed by atoms with Gasteiger partial charge in [-0.1, -0.05) is 36.4 Å². The standard InChI is InChI=1S/C22H17N3O3/c1-28-22(27)16-6-2-3-7-17(16)25-21(26)15-12-10-14(11-13-15)20-23-18-8-4-5-9-19(18)24-20/h2-13H,1H3,(H,23,24)(H,25,26). The van der Waals surface area contributed by atoms with Gasteiger partial charge >= 0.3 is 5.97 Å². The summed E-state index contributed by atoms with van der Waals surface area (Å²) in [7, 11) is 1.30. The molecule has 0 unspecified atom stereocenters. The van der Waals surface area contributed by atoms with Crippen molar-refractivity contribution in [2.75, 3.05) is 12.4 Å². The van der Waals surface area contributed by atoms with Gasteiger partial charge in [0.05, 0.1) is 29.4 Å². The minimum atomic E-state index is -0.504. The Balaban J connectivity index is 1.56. The normalized spacial score (nSPS) is 10.6. The fourth-order valence-corrected chi connectivity index (χ4v) is 2.94. The van der Waals surface area contributed by atoms with Gasteiger partial charge in [-0.25, -0.2) is 9.78 Å². The van der Waals surface area contributed by atoms with Crippen molar-refractivity contribution in [3.05, 3.63) is 83.9 Å². The molecule has 0 fully saturated rings. The fraction of sp³-hybridized carbons (Fsp3) is 0.0455. The number of ether oxygens (including phenoxy) is 1. The monoisotopic (exact) mass is 371 g/mol. The van der Waals surface area contributed by atoms with Crippen LogP contribution in [0.4, 0.5) is 5.69 Å². The van der Waals surface area contributed by atoms with E-state index in [0.717, 1.165) is 22.4 Å². The third-order valence-electron chi connectivity index (χ3n) is 4.39. The van der Waals surface area contributed by atoms with Crippen LogP contribution in [0.5, 0.6) is 0 Å². The number of nitrogens with one attached hydrogen (secondary N) is 2. The van der Waals surface area contributed by atoms with Crippen LogP contribution in [-0.4, -0.2) is 29.0 Å². The first-order valence-corrected chi connectivity index (χ1v) is 8.69. The van der Waals surface area contributed by atoms with Crippen LogP contribution >= 0.6 is 0 Å². The van der Waals surface area contributed by atoms with Crippen molar-refractivity contribution in [3.8, 4) is 11.4 Å². The summed E-state index contributed by atoms with van der Waals surface area (Å²) in [5, 5.41) is 2.76. The van der Waals surface area contributed by atoms with Gasteiger partial charge in [-0.05, 0) is 36.4 Å². The zero-order valence-electron chi connectivity index (χ0n) is 15.1. The fourth-order valence-electron chi connectivity index (χ4n) is 2.94. The number of H-pyrrole nitrogens is 1. The number of aromatic nitrogens is 2. The highest BCUT2D eigenvalue weighted by Crippen LogP contribution is 2.22. The van der Waals surface area contributed by atoms with Crippen LogP contribution in [-0.2, 0) is 4.74 Å². The van der Waals surface area contributed by atoms with E-state index < -0.39 is 5.97 Å². The number of anilines is 1. The van der Waals surface area contributed by atoms with E-state index in [0.29, 0.717) is 16.8 Å². The number of aromatic amines is 1. The van der Waals surface area contributed by atoms with E-state index in [4.69, 9.17) is 4.74 Å². The molecule has 28 heavy (non-hydrogen) atoms. The van der Waals surface area contributed by atoms with Crippen molar-refractivity contribution < 1.29 is 14.3 Å². The Morgan fingerprint density at radius 1 is 0.929 bits per heavy atom. The van der Waals surface area contributed by atoms with Crippen molar-refractivity contribution in [1.29, 1.82) is 0 Å². The van der Waals surface area contributed by atoms with Crippen LogP contribution in [0, 0.1) is 0 Å². The largest absolute Gasteiger partial charge is 0.465 e. The zero-order chi connectivity index (χ0) is 19.5. The number of rotatable bonds is 4. The summed E-state index contributed by atoms with van der Waals surface area (Å²) in [6.45, 7) is 0. The molecule has 138 valence electrons. The van der Waals surface area contributed by atoms with E-state index in [-0.39, 0.29) is 5.91 Å². The number of esters is 1. The van der Waals surface area contributed by atoms with Crippen LogP contribution in [0.15, 0.2) is 72.8 Å². The SMILES string of the molecule is COC(=O)c1ccccc1NC(=O)c1ccc(-c2nc3ccccc3[nH]2)cc1. The lowest BCUT2D eigenvalue weighted by atomic mass is 10.1. The van der Waals surface area contributed by atoms with Crippen LogP contribution in [0.1, 0.15) is 20.7 Å². The summed E-state index contributed by atoms with van der Waals surface area (Å²) in [6, 6.07) is 21.6. The Labute approximate surface area is 161 Å². The predicted molar refractivity (Wildman–Crippen MR) is 107 cm³/mol. The molecule has 1 amide bonds. The van der Waals surface area contributed by atoms with E-state index in [1.807, 2.05) is 36.4 Å². The molecule has 0 spiro atoms. The maximum absolute atomic E-state index is 12.6. The lowest BCUT2D eigenvalue weighted by Gasteiger charge is -2.09. The number of benzene rings is 3. The quantitative estimate of drug-likeness (QED) is 0.525. The minimum Gasteiger partial charge on any atom is -0.465 e. The smallest absolute Gasteiger partial charge is 0.339 e. The first-order valence-electron chi connectivity index (χ1n) is 8.69. The summed E-state index contributed by atoms with van der Waals surface area (Å²) in [4.78, 5) is 32.2. The van der Waals surface area contributed by atoms with Crippen molar-refractivity contribution in [1.82, 2.24) is 9.97 Å². The molecule has 6 nitrogen and oxygen atoms in total. The van der Waals surface area contributed by atoms with Gasteiger partial charge in [-0.2, -0.15) is 0 Å². The minimum absolute atomic E-state index is 0.303. The third kappa shape index (κ3) is 3.35. The molecular weight excluding hydrogens is 354 g/mol. The van der Waals surface area contributed by atoms with Gasteiger partial charge in [0.25, 0.3) is 5.91 Å². The third-order valence-corrected chi connectivity index (χ3v) is 4.39. The van der Waals surface area contributed by atoms with Crippen molar-refractivity contribution in [2.45, 2.75) is 0 Å². The Bertz CT molecular complexity index is 1130. The average Bonchev–Trinajstić information content (AvgIpc) is 3.18. The highest BCUT2D eigenvalue weighted by Gasteiger charge is 2.14. The molecule has 4 aromatic rings. The second-order valence-corrected chi connectivity index (χ2v) is 6.17. The van der Waals surface area contributed by atoms with Crippen LogP contribution < -0.4 is 5.32 Å². The van der Waals surface area contributed by atoms with Gasteiger partial charge in [0, 0.05) is 11.1 Å². The molecule has 2 N–H and O–H groups in total. The molecule has 0 saturated carbocycles. The first-order chi connectivity index (χ1) is 13.7. The van der Waals surface area contributed by atoms with E-state index in [2.05, 4.69) is 15.3 Å². The second-order valence-electron chi connectivity index (χ2n) is 6.17. The van der Waals surface area contributed by atoms with Gasteiger partial charge < -0.3 is 15.0 Å². The molecule has 1 heterocycles. The number of fused-ring (bicyclic) bond motifs is 1. The lowest BCUT2D eigenvalue weighted by molar-refractivity contribution is 0.0602. The van der Waals surface area contributed by atoms with Gasteiger partial charge in [0.2, 0.25) is 0 Å². The average molecular weight is 371 g/mol. The molecule has 0 aliphatic carbocycles. The number of nitrogens with zero attached hydrogens (tertiary/aromatic N) is 1. The summed E-state index contributed by atoms with van der Waals surface area (Å²) >= 11 is 0. The van der Waals surface area contributed by atoms with Crippen LogP contribution in [0.25, 0.3) is 22.4 Å². The topological polar surface area (TPSA) is 84.1 Å². The molecule has 0 aliphatic heterocycles. The zero-order valence-corrected chi connectivity index (χ0v) is 15.1. The summed E-state index contributed by atoms with van der Waals surface area (Å²) in [6.07, 6.45) is 0. The first kappa shape index (κ1) is 17.5. The van der Waals surface area contributed by atoms with E-state index in [1.54, 1.807) is 36.4 Å². The Morgan fingerprint density at radius 3 is 2.39 bits per heavy atom. The highest BCUT2D eigenvalue weighted by molar-refractivity contribution is 6.08. The number of para-hydroxylation sites is 3. The molecular formula is C22H17N3O3. The van der Waals surface area contributed by atoms with Gasteiger partial charge in [-0.15, -0.1) is 0 Å².